The Hall–Kier alpha value is -2.89. The summed E-state index contributed by atoms with van der Waals surface area (Å²) >= 11 is 0. The predicted octanol–water partition coefficient (Wildman–Crippen LogP) is -1.39. The number of quaternary nitrogens is 1. The zero-order valence-electron chi connectivity index (χ0n) is 19.6. The van der Waals surface area contributed by atoms with Crippen LogP contribution in [0, 0.1) is 0 Å². The van der Waals surface area contributed by atoms with E-state index in [1.54, 1.807) is 48.5 Å². The summed E-state index contributed by atoms with van der Waals surface area (Å²) in [5.74, 6) is 0.219. The van der Waals surface area contributed by atoms with Crippen molar-refractivity contribution in [1.82, 2.24) is 4.90 Å². The van der Waals surface area contributed by atoms with Crippen LogP contribution in [0.3, 0.4) is 0 Å². The van der Waals surface area contributed by atoms with Crippen molar-refractivity contribution in [3.05, 3.63) is 48.5 Å². The van der Waals surface area contributed by atoms with Crippen LogP contribution in [-0.2, 0) is 9.59 Å². The number of benzene rings is 2. The number of carbonyl (C=O) groups excluding carboxylic acids is 2. The minimum absolute atomic E-state index is 0. The molecule has 2 aromatic carbocycles. The molecule has 186 valence electrons. The Morgan fingerprint density at radius 3 is 1.85 bits per heavy atom. The number of halogens is 1. The Balaban J connectivity index is 0.00000408. The van der Waals surface area contributed by atoms with Crippen LogP contribution in [0.2, 0.25) is 0 Å². The number of methoxy groups -OCH3 is 2. The molecule has 34 heavy (non-hydrogen) atoms. The van der Waals surface area contributed by atoms with Crippen molar-refractivity contribution < 1.29 is 46.4 Å². The lowest BCUT2D eigenvalue weighted by Gasteiger charge is -2.41. The summed E-state index contributed by atoms with van der Waals surface area (Å²) in [6, 6.07) is 13.3. The molecule has 1 aliphatic rings. The highest BCUT2D eigenvalue weighted by molar-refractivity contribution is 5.93. The fourth-order valence-corrected chi connectivity index (χ4v) is 3.73. The van der Waals surface area contributed by atoms with Gasteiger partial charge in [-0.3, -0.25) is 24.9 Å². The van der Waals surface area contributed by atoms with E-state index < -0.39 is 11.8 Å². The van der Waals surface area contributed by atoms with Gasteiger partial charge in [0.2, 0.25) is 0 Å². The number of anilines is 2. The Labute approximate surface area is 205 Å². The van der Waals surface area contributed by atoms with Crippen molar-refractivity contribution in [3.63, 3.8) is 0 Å². The molecule has 2 aromatic rings. The molecule has 10 nitrogen and oxygen atoms in total. The van der Waals surface area contributed by atoms with Gasteiger partial charge in [-0.1, -0.05) is 12.1 Å². The minimum Gasteiger partial charge on any atom is -1.00 e. The molecule has 1 heterocycles. The molecule has 0 saturated carbocycles. The second kappa shape index (κ2) is 12.0. The van der Waals surface area contributed by atoms with Crippen LogP contribution in [0.25, 0.3) is 0 Å². The molecule has 0 bridgehead atoms. The highest BCUT2D eigenvalue weighted by Gasteiger charge is 2.34. The summed E-state index contributed by atoms with van der Waals surface area (Å²) in [7, 11) is 4.99. The van der Waals surface area contributed by atoms with E-state index in [2.05, 4.69) is 0 Å². The first-order valence-electron chi connectivity index (χ1n) is 10.6. The molecule has 11 heteroatoms. The van der Waals surface area contributed by atoms with Crippen molar-refractivity contribution >= 4 is 23.2 Å². The van der Waals surface area contributed by atoms with Gasteiger partial charge in [0.1, 0.15) is 11.5 Å². The number of ether oxygens (including phenoxy) is 2. The number of hydrogen-bond acceptors (Lipinski definition) is 7. The number of amides is 2. The summed E-state index contributed by atoms with van der Waals surface area (Å²) < 4.78 is 10.7. The normalized spacial score (nSPS) is 15.1. The standard InChI is InChI=1S/C23H31N4O6.ClH/c1-27(17-23(29)26(31)19-7-5-9-21(15-19)33-3)12-10-24(11-13-27)16-22(28)25(30)18-6-4-8-20(14-18)32-2;/h4-9,14-15,30-31H,10-13,16-17H2,1-3H3;1H/q+1;/p-1. The maximum atomic E-state index is 12.7. The number of piperazine rings is 1. The summed E-state index contributed by atoms with van der Waals surface area (Å²) in [6.07, 6.45) is 0. The van der Waals surface area contributed by atoms with E-state index in [1.807, 2.05) is 11.9 Å². The van der Waals surface area contributed by atoms with Crippen molar-refractivity contribution in [2.24, 2.45) is 0 Å². The third-order valence-corrected chi connectivity index (χ3v) is 5.86. The van der Waals surface area contributed by atoms with E-state index in [1.165, 1.54) is 14.2 Å². The molecule has 0 atom stereocenters. The first kappa shape index (κ1) is 27.4. The van der Waals surface area contributed by atoms with Crippen LogP contribution in [0.4, 0.5) is 11.4 Å². The maximum Gasteiger partial charge on any atom is 0.305 e. The highest BCUT2D eigenvalue weighted by Crippen LogP contribution is 2.22. The Morgan fingerprint density at radius 2 is 1.38 bits per heavy atom. The van der Waals surface area contributed by atoms with Crippen molar-refractivity contribution in [1.29, 1.82) is 0 Å². The zero-order valence-corrected chi connectivity index (χ0v) is 20.3. The number of hydroxylamine groups is 2. The largest absolute Gasteiger partial charge is 1.00 e. The average Bonchev–Trinajstić information content (AvgIpc) is 2.84. The van der Waals surface area contributed by atoms with Gasteiger partial charge >= 0.3 is 5.91 Å². The van der Waals surface area contributed by atoms with Gasteiger partial charge in [-0.15, -0.1) is 0 Å². The predicted molar refractivity (Wildman–Crippen MR) is 122 cm³/mol. The second-order valence-corrected chi connectivity index (χ2v) is 8.32. The van der Waals surface area contributed by atoms with E-state index in [-0.39, 0.29) is 25.5 Å². The third-order valence-electron chi connectivity index (χ3n) is 5.86. The first-order valence-corrected chi connectivity index (χ1v) is 10.6. The summed E-state index contributed by atoms with van der Waals surface area (Å²) in [6.45, 7) is 2.56. The van der Waals surface area contributed by atoms with Crippen molar-refractivity contribution in [2.45, 2.75) is 0 Å². The third kappa shape index (κ3) is 6.81. The molecular formula is C23H31ClN4O6. The Kier molecular flexibility index (Phi) is 9.66. The molecule has 3 rings (SSSR count). The Morgan fingerprint density at radius 1 is 0.912 bits per heavy atom. The molecule has 1 saturated heterocycles. The fraction of sp³-hybridized carbons (Fsp3) is 0.391. The van der Waals surface area contributed by atoms with Crippen molar-refractivity contribution in [2.75, 3.05) is 70.7 Å². The molecule has 0 radical (unpaired) electrons. The topological polar surface area (TPSA) is 103 Å². The molecule has 0 spiro atoms. The van der Waals surface area contributed by atoms with Crippen LogP contribution < -0.4 is 32.0 Å². The second-order valence-electron chi connectivity index (χ2n) is 8.32. The summed E-state index contributed by atoms with van der Waals surface area (Å²) in [5.41, 5.74) is 0.680. The maximum absolute atomic E-state index is 12.7. The van der Waals surface area contributed by atoms with Gasteiger partial charge < -0.3 is 26.4 Å². The molecular weight excluding hydrogens is 464 g/mol. The smallest absolute Gasteiger partial charge is 0.305 e. The Bertz CT molecular complexity index is 983. The SMILES string of the molecule is COc1cccc(N(O)C(=O)CN2CC[N+](C)(CC(=O)N(O)c3cccc(OC)c3)CC2)c1.[Cl-]. The molecule has 1 aliphatic heterocycles. The fourth-order valence-electron chi connectivity index (χ4n) is 3.73. The van der Waals surface area contributed by atoms with Gasteiger partial charge in [-0.05, 0) is 24.3 Å². The van der Waals surface area contributed by atoms with Crippen LogP contribution in [0.15, 0.2) is 48.5 Å². The average molecular weight is 495 g/mol. The van der Waals surface area contributed by atoms with E-state index in [4.69, 9.17) is 9.47 Å². The zero-order chi connectivity index (χ0) is 24.0. The molecule has 2 amide bonds. The van der Waals surface area contributed by atoms with Crippen LogP contribution >= 0.6 is 0 Å². The van der Waals surface area contributed by atoms with Crippen molar-refractivity contribution in [3.8, 4) is 11.5 Å². The number of likely N-dealkylation sites (N-methyl/N-ethyl adjacent to an activating group) is 1. The first-order chi connectivity index (χ1) is 15.7. The van der Waals surface area contributed by atoms with Crippen LogP contribution in [0.5, 0.6) is 11.5 Å². The monoisotopic (exact) mass is 494 g/mol. The van der Waals surface area contributed by atoms with E-state index in [0.717, 1.165) is 0 Å². The summed E-state index contributed by atoms with van der Waals surface area (Å²) in [5, 5.41) is 21.9. The minimum atomic E-state index is -0.449. The number of rotatable bonds is 8. The van der Waals surface area contributed by atoms with Gasteiger partial charge in [-0.25, -0.2) is 0 Å². The van der Waals surface area contributed by atoms with Gasteiger partial charge in [0, 0.05) is 25.2 Å². The van der Waals surface area contributed by atoms with Gasteiger partial charge in [0.15, 0.2) is 6.54 Å². The molecule has 0 unspecified atom stereocenters. The van der Waals surface area contributed by atoms with Crippen LogP contribution in [0.1, 0.15) is 0 Å². The van der Waals surface area contributed by atoms with Gasteiger partial charge in [0.25, 0.3) is 5.91 Å². The number of hydrogen-bond donors (Lipinski definition) is 2. The lowest BCUT2D eigenvalue weighted by Crippen LogP contribution is -3.00. The van der Waals surface area contributed by atoms with E-state index in [9.17, 15) is 20.0 Å². The lowest BCUT2D eigenvalue weighted by molar-refractivity contribution is -0.906. The molecule has 0 aromatic heterocycles. The van der Waals surface area contributed by atoms with E-state index >= 15 is 0 Å². The summed E-state index contributed by atoms with van der Waals surface area (Å²) in [4.78, 5) is 27.1. The van der Waals surface area contributed by atoms with Crippen LogP contribution in [-0.4, -0.2) is 92.1 Å². The highest BCUT2D eigenvalue weighted by atomic mass is 35.5. The quantitative estimate of drug-likeness (QED) is 0.265. The van der Waals surface area contributed by atoms with Gasteiger partial charge in [-0.2, -0.15) is 10.1 Å². The molecule has 2 N–H and O–H groups in total. The molecule has 1 fully saturated rings. The molecule has 0 aliphatic carbocycles. The number of nitrogens with zero attached hydrogens (tertiary/aromatic N) is 4. The number of carbonyl (C=O) groups is 2. The lowest BCUT2D eigenvalue weighted by atomic mass is 10.2. The van der Waals surface area contributed by atoms with Gasteiger partial charge in [0.05, 0.1) is 52.3 Å². The van der Waals surface area contributed by atoms with E-state index in [0.29, 0.717) is 63.7 Å².